The van der Waals surface area contributed by atoms with E-state index in [0.717, 1.165) is 17.5 Å². The fourth-order valence-electron chi connectivity index (χ4n) is 2.46. The van der Waals surface area contributed by atoms with E-state index in [1.165, 1.54) is 5.56 Å². The van der Waals surface area contributed by atoms with Gasteiger partial charge in [0, 0.05) is 5.02 Å². The summed E-state index contributed by atoms with van der Waals surface area (Å²) < 4.78 is 5.74. The van der Waals surface area contributed by atoms with Gasteiger partial charge in [0.1, 0.15) is 5.75 Å². The monoisotopic (exact) mass is 345 g/mol. The maximum absolute atomic E-state index is 12.4. The van der Waals surface area contributed by atoms with Crippen molar-refractivity contribution >= 4 is 17.5 Å². The van der Waals surface area contributed by atoms with Gasteiger partial charge >= 0.3 is 0 Å². The summed E-state index contributed by atoms with van der Waals surface area (Å²) in [7, 11) is 0. The number of amides is 1. The van der Waals surface area contributed by atoms with Gasteiger partial charge in [-0.05, 0) is 56.5 Å². The van der Waals surface area contributed by atoms with E-state index in [9.17, 15) is 4.79 Å². The maximum atomic E-state index is 12.4. The number of halogens is 1. The molecule has 0 heterocycles. The quantitative estimate of drug-likeness (QED) is 0.800. The molecule has 1 N–H and O–H groups in total. The molecule has 1 amide bonds. The van der Waals surface area contributed by atoms with Crippen molar-refractivity contribution in [2.45, 2.75) is 46.3 Å². The highest BCUT2D eigenvalue weighted by Gasteiger charge is 2.19. The van der Waals surface area contributed by atoms with Gasteiger partial charge in [-0.15, -0.1) is 0 Å². The number of carbonyl (C=O) groups excluding carboxylic acids is 1. The van der Waals surface area contributed by atoms with E-state index < -0.39 is 6.10 Å². The third kappa shape index (κ3) is 4.75. The second-order valence-corrected chi connectivity index (χ2v) is 6.46. The molecule has 0 unspecified atom stereocenters. The highest BCUT2D eigenvalue weighted by atomic mass is 35.5. The van der Waals surface area contributed by atoms with Crippen LogP contribution in [0.25, 0.3) is 0 Å². The minimum Gasteiger partial charge on any atom is -0.481 e. The molecular weight excluding hydrogens is 322 g/mol. The molecule has 2 atom stereocenters. The van der Waals surface area contributed by atoms with Crippen LogP contribution in [0.4, 0.5) is 0 Å². The molecule has 24 heavy (non-hydrogen) atoms. The maximum Gasteiger partial charge on any atom is 0.261 e. The standard InChI is InChI=1S/C20H24ClNO2/c1-5-19(16-8-6-13(2)7-9-16)22-20(23)15(4)24-17-10-11-18(21)14(3)12-17/h6-12,15,19H,5H2,1-4H3,(H,22,23)/t15-,19-/m0/s1. The van der Waals surface area contributed by atoms with Gasteiger partial charge in [0.05, 0.1) is 6.04 Å². The fraction of sp³-hybridized carbons (Fsp3) is 0.350. The zero-order chi connectivity index (χ0) is 17.7. The predicted molar refractivity (Wildman–Crippen MR) is 98.6 cm³/mol. The van der Waals surface area contributed by atoms with E-state index in [1.807, 2.05) is 19.9 Å². The highest BCUT2D eigenvalue weighted by Crippen LogP contribution is 2.22. The molecule has 2 rings (SSSR count). The Morgan fingerprint density at radius 2 is 1.83 bits per heavy atom. The molecule has 0 saturated heterocycles. The fourth-order valence-corrected chi connectivity index (χ4v) is 2.57. The third-order valence-corrected chi connectivity index (χ3v) is 4.44. The van der Waals surface area contributed by atoms with Crippen molar-refractivity contribution in [3.63, 3.8) is 0 Å². The van der Waals surface area contributed by atoms with Crippen molar-refractivity contribution in [2.75, 3.05) is 0 Å². The van der Waals surface area contributed by atoms with Gasteiger partial charge in [-0.25, -0.2) is 0 Å². The lowest BCUT2D eigenvalue weighted by Crippen LogP contribution is -2.38. The molecule has 4 heteroatoms. The van der Waals surface area contributed by atoms with Crippen LogP contribution < -0.4 is 10.1 Å². The van der Waals surface area contributed by atoms with E-state index in [0.29, 0.717) is 10.8 Å². The second-order valence-electron chi connectivity index (χ2n) is 6.05. The molecule has 0 saturated carbocycles. The molecule has 0 aliphatic rings. The summed E-state index contributed by atoms with van der Waals surface area (Å²) in [5.74, 6) is 0.512. The van der Waals surface area contributed by atoms with Crippen molar-refractivity contribution in [1.29, 1.82) is 0 Å². The summed E-state index contributed by atoms with van der Waals surface area (Å²) in [5.41, 5.74) is 3.23. The molecule has 3 nitrogen and oxygen atoms in total. The predicted octanol–water partition coefficient (Wildman–Crippen LogP) is 4.99. The molecule has 0 fully saturated rings. The molecule has 2 aromatic carbocycles. The molecule has 0 aliphatic heterocycles. The van der Waals surface area contributed by atoms with E-state index in [-0.39, 0.29) is 11.9 Å². The van der Waals surface area contributed by atoms with Crippen LogP contribution in [0.2, 0.25) is 5.02 Å². The lowest BCUT2D eigenvalue weighted by atomic mass is 10.0. The van der Waals surface area contributed by atoms with Crippen LogP contribution >= 0.6 is 11.6 Å². The van der Waals surface area contributed by atoms with Gasteiger partial charge in [0.25, 0.3) is 5.91 Å². The molecule has 0 aliphatic carbocycles. The topological polar surface area (TPSA) is 38.3 Å². The number of ether oxygens (including phenoxy) is 1. The Morgan fingerprint density at radius 3 is 2.42 bits per heavy atom. The van der Waals surface area contributed by atoms with Crippen LogP contribution in [0.1, 0.15) is 43.0 Å². The van der Waals surface area contributed by atoms with Crippen LogP contribution in [-0.4, -0.2) is 12.0 Å². The average Bonchev–Trinajstić information content (AvgIpc) is 2.56. The van der Waals surface area contributed by atoms with Gasteiger partial charge in [-0.1, -0.05) is 48.4 Å². The van der Waals surface area contributed by atoms with Crippen molar-refractivity contribution in [3.8, 4) is 5.75 Å². The first-order valence-corrected chi connectivity index (χ1v) is 8.58. The van der Waals surface area contributed by atoms with Crippen molar-refractivity contribution in [1.82, 2.24) is 5.32 Å². The zero-order valence-corrected chi connectivity index (χ0v) is 15.4. The molecule has 2 aromatic rings. The van der Waals surface area contributed by atoms with Crippen LogP contribution in [-0.2, 0) is 4.79 Å². The smallest absolute Gasteiger partial charge is 0.261 e. The van der Waals surface area contributed by atoms with Crippen molar-refractivity contribution in [2.24, 2.45) is 0 Å². The normalized spacial score (nSPS) is 13.2. The Morgan fingerprint density at radius 1 is 1.17 bits per heavy atom. The molecule has 0 bridgehead atoms. The Labute approximate surface area is 149 Å². The highest BCUT2D eigenvalue weighted by molar-refractivity contribution is 6.31. The lowest BCUT2D eigenvalue weighted by Gasteiger charge is -2.21. The lowest BCUT2D eigenvalue weighted by molar-refractivity contribution is -0.128. The number of hydrogen-bond acceptors (Lipinski definition) is 2. The van der Waals surface area contributed by atoms with Crippen LogP contribution in [0, 0.1) is 13.8 Å². The first-order valence-electron chi connectivity index (χ1n) is 8.20. The summed E-state index contributed by atoms with van der Waals surface area (Å²) in [6.07, 6.45) is 0.242. The molecule has 0 radical (unpaired) electrons. The van der Waals surface area contributed by atoms with E-state index in [1.54, 1.807) is 19.1 Å². The Hall–Kier alpha value is -2.00. The summed E-state index contributed by atoms with van der Waals surface area (Å²) in [4.78, 5) is 12.4. The van der Waals surface area contributed by atoms with Gasteiger partial charge < -0.3 is 10.1 Å². The van der Waals surface area contributed by atoms with Gasteiger partial charge in [0.15, 0.2) is 6.10 Å². The Balaban J connectivity index is 2.01. The molecule has 0 spiro atoms. The van der Waals surface area contributed by atoms with Gasteiger partial charge in [0.2, 0.25) is 0 Å². The van der Waals surface area contributed by atoms with Crippen LogP contribution in [0.15, 0.2) is 42.5 Å². The van der Waals surface area contributed by atoms with E-state index >= 15 is 0 Å². The molecule has 0 aromatic heterocycles. The Kier molecular flexibility index (Phi) is 6.27. The number of carbonyl (C=O) groups is 1. The SMILES string of the molecule is CC[C@H](NC(=O)[C@H](C)Oc1ccc(Cl)c(C)c1)c1ccc(C)cc1. The molecule has 128 valence electrons. The number of aryl methyl sites for hydroxylation is 2. The second kappa shape index (κ2) is 8.20. The summed E-state index contributed by atoms with van der Waals surface area (Å²) in [5, 5.41) is 3.74. The van der Waals surface area contributed by atoms with Crippen LogP contribution in [0.3, 0.4) is 0 Å². The minimum absolute atomic E-state index is 0.0175. The number of benzene rings is 2. The summed E-state index contributed by atoms with van der Waals surface area (Å²) >= 11 is 6.01. The van der Waals surface area contributed by atoms with Crippen LogP contribution in [0.5, 0.6) is 5.75 Å². The van der Waals surface area contributed by atoms with Gasteiger partial charge in [-0.3, -0.25) is 4.79 Å². The third-order valence-electron chi connectivity index (χ3n) is 4.02. The van der Waals surface area contributed by atoms with E-state index in [2.05, 4.69) is 36.5 Å². The van der Waals surface area contributed by atoms with Crippen molar-refractivity contribution in [3.05, 3.63) is 64.2 Å². The molecular formula is C20H24ClNO2. The minimum atomic E-state index is -0.579. The van der Waals surface area contributed by atoms with E-state index in [4.69, 9.17) is 16.3 Å². The van der Waals surface area contributed by atoms with Gasteiger partial charge in [-0.2, -0.15) is 0 Å². The first-order chi connectivity index (χ1) is 11.4. The number of rotatable bonds is 6. The summed E-state index contributed by atoms with van der Waals surface area (Å²) in [6.45, 7) is 7.76. The van der Waals surface area contributed by atoms with Crippen molar-refractivity contribution < 1.29 is 9.53 Å². The number of hydrogen-bond donors (Lipinski definition) is 1. The average molecular weight is 346 g/mol. The largest absolute Gasteiger partial charge is 0.481 e. The Bertz CT molecular complexity index is 697. The number of nitrogens with one attached hydrogen (secondary N) is 1. The first kappa shape index (κ1) is 18.3. The zero-order valence-electron chi connectivity index (χ0n) is 14.6. The summed E-state index contributed by atoms with van der Waals surface area (Å²) in [6, 6.07) is 13.6.